The minimum atomic E-state index is -0.261. The van der Waals surface area contributed by atoms with Gasteiger partial charge in [-0.3, -0.25) is 9.59 Å². The van der Waals surface area contributed by atoms with E-state index in [0.29, 0.717) is 11.1 Å². The Bertz CT molecular complexity index is 600. The highest BCUT2D eigenvalue weighted by atomic mass is 16.3. The topological polar surface area (TPSA) is 54.4 Å². The second-order valence-electron chi connectivity index (χ2n) is 3.98. The van der Waals surface area contributed by atoms with Crippen molar-refractivity contribution < 1.29 is 14.7 Å². The van der Waals surface area contributed by atoms with Crippen LogP contribution in [0.4, 0.5) is 0 Å². The van der Waals surface area contributed by atoms with Crippen molar-refractivity contribution in [2.24, 2.45) is 0 Å². The van der Waals surface area contributed by atoms with Crippen LogP contribution in [0.1, 0.15) is 33.2 Å². The number of phenolic OH excluding ortho intramolecular Hbond substituents is 1. The highest BCUT2D eigenvalue weighted by Gasteiger charge is 2.14. The van der Waals surface area contributed by atoms with Gasteiger partial charge in [0.1, 0.15) is 5.75 Å². The molecule has 0 saturated carbocycles. The molecule has 0 bridgehead atoms. The summed E-state index contributed by atoms with van der Waals surface area (Å²) in [4.78, 5) is 23.3. The molecular formula is C15H12O3. The molecule has 3 nitrogen and oxygen atoms in total. The van der Waals surface area contributed by atoms with Crippen molar-refractivity contribution in [1.82, 2.24) is 0 Å². The number of aromatic hydroxyl groups is 1. The first-order valence-electron chi connectivity index (χ1n) is 5.53. The lowest BCUT2D eigenvalue weighted by atomic mass is 10.00. The number of Topliss-reactive ketones (excluding diaryl/α,β-unsaturated/α-hetero) is 1. The van der Waals surface area contributed by atoms with Gasteiger partial charge in [0.15, 0.2) is 11.6 Å². The largest absolute Gasteiger partial charge is 0.507 e. The quantitative estimate of drug-likeness (QED) is 0.839. The fraction of sp³-hybridized carbons (Fsp3) is 0.0667. The Balaban J connectivity index is 2.41. The summed E-state index contributed by atoms with van der Waals surface area (Å²) in [5.41, 5.74) is 1.09. The van der Waals surface area contributed by atoms with E-state index in [0.717, 1.165) is 0 Å². The molecule has 1 N–H and O–H groups in total. The van der Waals surface area contributed by atoms with Crippen LogP contribution in [0.25, 0.3) is 0 Å². The fourth-order valence-electron chi connectivity index (χ4n) is 1.69. The zero-order valence-corrected chi connectivity index (χ0v) is 9.88. The molecule has 18 heavy (non-hydrogen) atoms. The van der Waals surface area contributed by atoms with E-state index in [1.54, 1.807) is 24.3 Å². The fourth-order valence-corrected chi connectivity index (χ4v) is 1.69. The third kappa shape index (κ3) is 2.30. The number of benzene rings is 2. The molecule has 0 atom stereocenters. The van der Waals surface area contributed by atoms with Gasteiger partial charge in [0, 0.05) is 11.1 Å². The van der Waals surface area contributed by atoms with Crippen molar-refractivity contribution in [1.29, 1.82) is 0 Å². The summed E-state index contributed by atoms with van der Waals surface area (Å²) in [5, 5.41) is 9.80. The van der Waals surface area contributed by atoms with Crippen LogP contribution in [-0.4, -0.2) is 16.7 Å². The van der Waals surface area contributed by atoms with Gasteiger partial charge in [-0.05, 0) is 19.1 Å². The van der Waals surface area contributed by atoms with Crippen molar-refractivity contribution >= 4 is 11.6 Å². The molecule has 0 saturated heterocycles. The molecule has 0 aliphatic heterocycles. The SMILES string of the molecule is CC(=O)c1ccc(C(=O)c2ccccc2)c(O)c1. The first kappa shape index (κ1) is 12.0. The van der Waals surface area contributed by atoms with Gasteiger partial charge >= 0.3 is 0 Å². The normalized spacial score (nSPS) is 10.1. The molecule has 2 rings (SSSR count). The van der Waals surface area contributed by atoms with E-state index in [9.17, 15) is 14.7 Å². The second kappa shape index (κ2) is 4.84. The maximum Gasteiger partial charge on any atom is 0.196 e. The Morgan fingerprint density at radius 3 is 2.17 bits per heavy atom. The number of carbonyl (C=O) groups is 2. The number of phenols is 1. The first-order valence-corrected chi connectivity index (χ1v) is 5.53. The Kier molecular flexibility index (Phi) is 3.24. The van der Waals surface area contributed by atoms with Crippen molar-refractivity contribution in [2.75, 3.05) is 0 Å². The van der Waals surface area contributed by atoms with Crippen molar-refractivity contribution in [3.8, 4) is 5.75 Å². The average molecular weight is 240 g/mol. The van der Waals surface area contributed by atoms with Gasteiger partial charge < -0.3 is 5.11 Å². The summed E-state index contributed by atoms with van der Waals surface area (Å²) < 4.78 is 0. The van der Waals surface area contributed by atoms with Crippen molar-refractivity contribution in [3.05, 3.63) is 65.2 Å². The molecule has 0 unspecified atom stereocenters. The summed E-state index contributed by atoms with van der Waals surface area (Å²) in [6, 6.07) is 13.0. The van der Waals surface area contributed by atoms with Crippen LogP contribution in [0.5, 0.6) is 5.75 Å². The van der Waals surface area contributed by atoms with Gasteiger partial charge in [-0.15, -0.1) is 0 Å². The third-order valence-electron chi connectivity index (χ3n) is 2.68. The number of hydrogen-bond acceptors (Lipinski definition) is 3. The van der Waals surface area contributed by atoms with E-state index in [2.05, 4.69) is 0 Å². The molecule has 0 spiro atoms. The van der Waals surface area contributed by atoms with Crippen molar-refractivity contribution in [2.45, 2.75) is 6.92 Å². The van der Waals surface area contributed by atoms with Gasteiger partial charge in [-0.25, -0.2) is 0 Å². The van der Waals surface area contributed by atoms with Crippen molar-refractivity contribution in [3.63, 3.8) is 0 Å². The summed E-state index contributed by atoms with van der Waals surface area (Å²) in [7, 11) is 0. The molecular weight excluding hydrogens is 228 g/mol. The molecule has 0 aliphatic rings. The van der Waals surface area contributed by atoms with Crippen LogP contribution >= 0.6 is 0 Å². The minimum absolute atomic E-state index is 0.149. The summed E-state index contributed by atoms with van der Waals surface area (Å²) in [5.74, 6) is -0.580. The molecule has 0 heterocycles. The van der Waals surface area contributed by atoms with E-state index in [-0.39, 0.29) is 22.9 Å². The van der Waals surface area contributed by atoms with E-state index in [4.69, 9.17) is 0 Å². The average Bonchev–Trinajstić information content (AvgIpc) is 2.38. The molecule has 0 amide bonds. The van der Waals surface area contributed by atoms with E-state index in [1.807, 2.05) is 6.07 Å². The van der Waals surface area contributed by atoms with Gasteiger partial charge in [0.25, 0.3) is 0 Å². The molecule has 3 heteroatoms. The lowest BCUT2D eigenvalue weighted by Gasteiger charge is -2.05. The van der Waals surface area contributed by atoms with E-state index in [1.165, 1.54) is 25.1 Å². The zero-order chi connectivity index (χ0) is 13.1. The summed E-state index contributed by atoms with van der Waals surface area (Å²) in [6.07, 6.45) is 0. The van der Waals surface area contributed by atoms with Crippen LogP contribution in [0.15, 0.2) is 48.5 Å². The zero-order valence-electron chi connectivity index (χ0n) is 9.88. The van der Waals surface area contributed by atoms with Crippen LogP contribution in [0, 0.1) is 0 Å². The Morgan fingerprint density at radius 1 is 0.944 bits per heavy atom. The number of ketones is 2. The number of carbonyl (C=O) groups excluding carboxylic acids is 2. The number of hydrogen-bond donors (Lipinski definition) is 1. The molecule has 90 valence electrons. The van der Waals surface area contributed by atoms with Gasteiger partial charge in [0.2, 0.25) is 0 Å². The van der Waals surface area contributed by atoms with E-state index < -0.39 is 0 Å². The van der Waals surface area contributed by atoms with Gasteiger partial charge in [-0.1, -0.05) is 36.4 Å². The molecule has 0 aromatic heterocycles. The molecule has 0 aliphatic carbocycles. The predicted octanol–water partition coefficient (Wildman–Crippen LogP) is 2.83. The van der Waals surface area contributed by atoms with Gasteiger partial charge in [-0.2, -0.15) is 0 Å². The summed E-state index contributed by atoms with van der Waals surface area (Å²) in [6.45, 7) is 1.41. The van der Waals surface area contributed by atoms with E-state index >= 15 is 0 Å². The van der Waals surface area contributed by atoms with Gasteiger partial charge in [0.05, 0.1) is 5.56 Å². The smallest absolute Gasteiger partial charge is 0.196 e. The highest BCUT2D eigenvalue weighted by Crippen LogP contribution is 2.22. The molecule has 0 radical (unpaired) electrons. The lowest BCUT2D eigenvalue weighted by molar-refractivity contribution is 0.101. The summed E-state index contributed by atoms with van der Waals surface area (Å²) >= 11 is 0. The maximum atomic E-state index is 12.1. The Morgan fingerprint density at radius 2 is 1.61 bits per heavy atom. The maximum absolute atomic E-state index is 12.1. The van der Waals surface area contributed by atoms with Crippen LogP contribution < -0.4 is 0 Å². The Hall–Kier alpha value is -2.42. The standard InChI is InChI=1S/C15H12O3/c1-10(16)12-7-8-13(14(17)9-12)15(18)11-5-3-2-4-6-11/h2-9,17H,1H3. The molecule has 2 aromatic rings. The van der Waals surface area contributed by atoms with Crippen LogP contribution in [0.2, 0.25) is 0 Å². The van der Waals surface area contributed by atoms with Crippen LogP contribution in [0.3, 0.4) is 0 Å². The first-order chi connectivity index (χ1) is 8.59. The monoisotopic (exact) mass is 240 g/mol. The molecule has 0 fully saturated rings. The lowest BCUT2D eigenvalue weighted by Crippen LogP contribution is -2.02. The highest BCUT2D eigenvalue weighted by molar-refractivity contribution is 6.11. The second-order valence-corrected chi connectivity index (χ2v) is 3.98. The Labute approximate surface area is 105 Å². The predicted molar refractivity (Wildman–Crippen MR) is 68.0 cm³/mol. The minimum Gasteiger partial charge on any atom is -0.507 e. The molecule has 2 aromatic carbocycles. The number of rotatable bonds is 3. The third-order valence-corrected chi connectivity index (χ3v) is 2.68. The van der Waals surface area contributed by atoms with Crippen LogP contribution in [-0.2, 0) is 0 Å².